The van der Waals surface area contributed by atoms with Crippen molar-refractivity contribution in [3.8, 4) is 11.3 Å². The highest BCUT2D eigenvalue weighted by atomic mass is 32.1. The lowest BCUT2D eigenvalue weighted by Crippen LogP contribution is -2.27. The van der Waals surface area contributed by atoms with Gasteiger partial charge in [0.05, 0.1) is 33.8 Å². The zero-order valence-corrected chi connectivity index (χ0v) is 21.6. The molecule has 2 heterocycles. The number of amides is 1. The van der Waals surface area contributed by atoms with Crippen molar-refractivity contribution in [2.24, 2.45) is 0 Å². The number of benzene rings is 4. The maximum Gasteiger partial charge on any atom is 0.335 e. The number of rotatable bonds is 7. The van der Waals surface area contributed by atoms with Crippen molar-refractivity contribution in [1.29, 1.82) is 0 Å². The van der Waals surface area contributed by atoms with Gasteiger partial charge in [-0.25, -0.2) is 9.42 Å². The molecule has 4 aromatic carbocycles. The lowest BCUT2D eigenvalue weighted by molar-refractivity contribution is 0.0696. The zero-order chi connectivity index (χ0) is 26.9. The molecule has 0 radical (unpaired) electrons. The maximum atomic E-state index is 13.7. The van der Waals surface area contributed by atoms with E-state index in [4.69, 9.17) is 9.00 Å². The third-order valence-electron chi connectivity index (χ3n) is 6.74. The fraction of sp³-hybridized carbons (Fsp3) is 0.100. The Morgan fingerprint density at radius 1 is 1.00 bits per heavy atom. The first-order valence-electron chi connectivity index (χ1n) is 12.3. The summed E-state index contributed by atoms with van der Waals surface area (Å²) >= 11 is 1.33. The Labute approximate surface area is 227 Å². The molecule has 2 N–H and O–H groups in total. The standard InChI is InChI=1S/C30H22N4O4S/c1-17(19-8-10-21(11-9-19)30(36)37)32-29(35)24-14-23(26-16-31-38-33-26)15-27-28(24)25(34-39-27)13-18-6-7-20-4-2-3-5-22(20)12-18/h2-12,14-17H,13H2,1H3,(H,32,35)(H,36,37)/t17-/m0/s1. The Kier molecular flexibility index (Phi) is 6.34. The van der Waals surface area contributed by atoms with Crippen LogP contribution in [0, 0.1) is 0 Å². The van der Waals surface area contributed by atoms with Crippen LogP contribution >= 0.6 is 11.5 Å². The summed E-state index contributed by atoms with van der Waals surface area (Å²) in [5.41, 5.74) is 4.60. The van der Waals surface area contributed by atoms with Crippen LogP contribution in [-0.2, 0) is 6.42 Å². The van der Waals surface area contributed by atoms with Crippen LogP contribution in [0.25, 0.3) is 32.1 Å². The Hall–Kier alpha value is -4.89. The molecular weight excluding hydrogens is 512 g/mol. The number of aromatic carboxylic acids is 1. The van der Waals surface area contributed by atoms with Gasteiger partial charge >= 0.3 is 5.97 Å². The number of carbonyl (C=O) groups is 2. The molecule has 0 fully saturated rings. The monoisotopic (exact) mass is 534 g/mol. The van der Waals surface area contributed by atoms with Crippen LogP contribution in [-0.4, -0.2) is 31.7 Å². The topological polar surface area (TPSA) is 118 Å². The number of hydrogen-bond donors (Lipinski definition) is 2. The quantitative estimate of drug-likeness (QED) is 0.247. The van der Waals surface area contributed by atoms with Crippen molar-refractivity contribution in [2.75, 3.05) is 0 Å². The SMILES string of the molecule is C[C@H](NC(=O)c1cc(-c2cnon2)cc2snc(Cc3ccc4ccccc4c3)c12)c1ccc(C(=O)O)cc1. The van der Waals surface area contributed by atoms with Gasteiger partial charge in [0.1, 0.15) is 5.69 Å². The summed E-state index contributed by atoms with van der Waals surface area (Å²) < 4.78 is 10.4. The number of carboxylic acids is 1. The predicted octanol–water partition coefficient (Wildman–Crippen LogP) is 6.28. The second kappa shape index (κ2) is 10.1. The fourth-order valence-electron chi connectivity index (χ4n) is 4.69. The Balaban J connectivity index is 1.38. The third-order valence-corrected chi connectivity index (χ3v) is 7.57. The van der Waals surface area contributed by atoms with Crippen LogP contribution in [0.5, 0.6) is 0 Å². The first kappa shape index (κ1) is 24.4. The van der Waals surface area contributed by atoms with E-state index in [1.54, 1.807) is 18.2 Å². The van der Waals surface area contributed by atoms with Crippen LogP contribution in [0.3, 0.4) is 0 Å². The first-order chi connectivity index (χ1) is 19.0. The first-order valence-corrected chi connectivity index (χ1v) is 13.1. The van der Waals surface area contributed by atoms with Gasteiger partial charge in [0, 0.05) is 17.4 Å². The number of fused-ring (bicyclic) bond motifs is 2. The van der Waals surface area contributed by atoms with Gasteiger partial charge in [-0.05, 0) is 69.8 Å². The van der Waals surface area contributed by atoms with Crippen molar-refractivity contribution in [1.82, 2.24) is 20.0 Å². The largest absolute Gasteiger partial charge is 0.478 e. The van der Waals surface area contributed by atoms with Crippen LogP contribution in [0.2, 0.25) is 0 Å². The molecule has 1 atom stereocenters. The third kappa shape index (κ3) is 4.87. The van der Waals surface area contributed by atoms with Gasteiger partial charge in [-0.15, -0.1) is 0 Å². The summed E-state index contributed by atoms with van der Waals surface area (Å²) in [5.74, 6) is -1.27. The second-order valence-corrected chi connectivity index (χ2v) is 10.1. The molecule has 6 rings (SSSR count). The van der Waals surface area contributed by atoms with E-state index in [-0.39, 0.29) is 17.5 Å². The molecule has 8 nitrogen and oxygen atoms in total. The summed E-state index contributed by atoms with van der Waals surface area (Å²) in [6.45, 7) is 1.86. The summed E-state index contributed by atoms with van der Waals surface area (Å²) in [6, 6.07) is 24.4. The van der Waals surface area contributed by atoms with E-state index >= 15 is 0 Å². The maximum absolute atomic E-state index is 13.7. The number of carboxylic acid groups (broad SMARTS) is 1. The fourth-order valence-corrected chi connectivity index (χ4v) is 5.55. The van der Waals surface area contributed by atoms with Crippen molar-refractivity contribution in [3.63, 3.8) is 0 Å². The lowest BCUT2D eigenvalue weighted by atomic mass is 9.98. The summed E-state index contributed by atoms with van der Waals surface area (Å²) in [7, 11) is 0. The van der Waals surface area contributed by atoms with E-state index < -0.39 is 5.97 Å². The summed E-state index contributed by atoms with van der Waals surface area (Å²) in [4.78, 5) is 24.9. The Bertz CT molecular complexity index is 1830. The smallest absolute Gasteiger partial charge is 0.335 e. The molecular formula is C30H22N4O4S. The van der Waals surface area contributed by atoms with Crippen LogP contribution in [0.15, 0.2) is 89.7 Å². The molecule has 0 saturated heterocycles. The van der Waals surface area contributed by atoms with Crippen LogP contribution < -0.4 is 5.32 Å². The van der Waals surface area contributed by atoms with Gasteiger partial charge < -0.3 is 10.4 Å². The minimum absolute atomic E-state index is 0.190. The van der Waals surface area contributed by atoms with Crippen molar-refractivity contribution < 1.29 is 19.3 Å². The van der Waals surface area contributed by atoms with Gasteiger partial charge in [-0.1, -0.05) is 59.8 Å². The zero-order valence-electron chi connectivity index (χ0n) is 20.8. The molecule has 0 aliphatic rings. The minimum atomic E-state index is -0.997. The molecule has 1 amide bonds. The van der Waals surface area contributed by atoms with Crippen LogP contribution in [0.4, 0.5) is 0 Å². The van der Waals surface area contributed by atoms with Crippen LogP contribution in [0.1, 0.15) is 50.5 Å². The molecule has 2 aromatic heterocycles. The van der Waals surface area contributed by atoms with E-state index in [2.05, 4.69) is 46.0 Å². The Morgan fingerprint density at radius 2 is 1.79 bits per heavy atom. The summed E-state index contributed by atoms with van der Waals surface area (Å²) in [6.07, 6.45) is 2.08. The van der Waals surface area contributed by atoms with Gasteiger partial charge in [0.25, 0.3) is 5.91 Å². The highest BCUT2D eigenvalue weighted by Gasteiger charge is 2.21. The molecule has 192 valence electrons. The van der Waals surface area contributed by atoms with Crippen molar-refractivity contribution in [3.05, 3.63) is 113 Å². The van der Waals surface area contributed by atoms with Gasteiger partial charge in [0.2, 0.25) is 0 Å². The molecule has 0 unspecified atom stereocenters. The van der Waals surface area contributed by atoms with E-state index in [0.29, 0.717) is 23.2 Å². The van der Waals surface area contributed by atoms with E-state index in [0.717, 1.165) is 32.3 Å². The normalized spacial score (nSPS) is 12.0. The van der Waals surface area contributed by atoms with Gasteiger partial charge in [0.15, 0.2) is 0 Å². The molecule has 0 aliphatic carbocycles. The highest BCUT2D eigenvalue weighted by molar-refractivity contribution is 7.13. The Morgan fingerprint density at radius 3 is 2.54 bits per heavy atom. The number of carbonyl (C=O) groups excluding carboxylic acids is 1. The molecule has 0 bridgehead atoms. The average molecular weight is 535 g/mol. The molecule has 9 heteroatoms. The minimum Gasteiger partial charge on any atom is -0.478 e. The number of hydrogen-bond acceptors (Lipinski definition) is 7. The van der Waals surface area contributed by atoms with Crippen molar-refractivity contribution in [2.45, 2.75) is 19.4 Å². The van der Waals surface area contributed by atoms with E-state index in [9.17, 15) is 14.7 Å². The molecule has 39 heavy (non-hydrogen) atoms. The molecule has 0 spiro atoms. The van der Waals surface area contributed by atoms with E-state index in [1.807, 2.05) is 25.1 Å². The van der Waals surface area contributed by atoms with Gasteiger partial charge in [-0.2, -0.15) is 4.37 Å². The predicted molar refractivity (Wildman–Crippen MR) is 149 cm³/mol. The molecule has 0 aliphatic heterocycles. The van der Waals surface area contributed by atoms with E-state index in [1.165, 1.54) is 35.2 Å². The second-order valence-electron chi connectivity index (χ2n) is 9.30. The lowest BCUT2D eigenvalue weighted by Gasteiger charge is -2.16. The number of nitrogens with zero attached hydrogens (tertiary/aromatic N) is 3. The molecule has 0 saturated carbocycles. The van der Waals surface area contributed by atoms with Gasteiger partial charge in [-0.3, -0.25) is 4.79 Å². The average Bonchev–Trinajstić information content (AvgIpc) is 3.63. The highest BCUT2D eigenvalue weighted by Crippen LogP contribution is 2.33. The number of aromatic nitrogens is 3. The van der Waals surface area contributed by atoms with Crippen molar-refractivity contribution >= 4 is 44.3 Å². The summed E-state index contributed by atoms with van der Waals surface area (Å²) in [5, 5.41) is 23.0. The molecule has 6 aromatic rings. The number of nitrogens with one attached hydrogen (secondary N) is 1.